The molecule has 2 N–H and O–H groups in total. The van der Waals surface area contributed by atoms with Gasteiger partial charge >= 0.3 is 5.97 Å². The minimum absolute atomic E-state index is 0.00234. The number of benzene rings is 2. The molecule has 3 rings (SSSR count). The fourth-order valence-corrected chi connectivity index (χ4v) is 3.57. The number of cyclic esters (lactones) is 1. The van der Waals surface area contributed by atoms with E-state index < -0.39 is 6.10 Å². The van der Waals surface area contributed by atoms with E-state index in [0.29, 0.717) is 24.4 Å². The third-order valence-electron chi connectivity index (χ3n) is 5.12. The summed E-state index contributed by atoms with van der Waals surface area (Å²) in [5, 5.41) is 6.45. The molecule has 0 saturated heterocycles. The molecule has 2 aromatic rings. The van der Waals surface area contributed by atoms with E-state index in [4.69, 9.17) is 16.3 Å². The van der Waals surface area contributed by atoms with E-state index in [-0.39, 0.29) is 43.1 Å². The summed E-state index contributed by atoms with van der Waals surface area (Å²) in [6.07, 6.45) is 4.56. The Morgan fingerprint density at radius 3 is 2.56 bits per heavy atom. The number of hydrogen-bond acceptors (Lipinski definition) is 4. The molecule has 0 aromatic heterocycles. The van der Waals surface area contributed by atoms with Crippen molar-refractivity contribution in [3.8, 4) is 0 Å². The van der Waals surface area contributed by atoms with Gasteiger partial charge in [-0.2, -0.15) is 0 Å². The van der Waals surface area contributed by atoms with Gasteiger partial charge in [0, 0.05) is 30.5 Å². The highest BCUT2D eigenvalue weighted by Gasteiger charge is 2.23. The minimum atomic E-state index is -0.661. The van der Waals surface area contributed by atoms with Crippen LogP contribution >= 0.6 is 11.6 Å². The number of ether oxygens (including phenoxy) is 1. The Morgan fingerprint density at radius 2 is 1.81 bits per heavy atom. The van der Waals surface area contributed by atoms with Gasteiger partial charge in [0.2, 0.25) is 11.8 Å². The summed E-state index contributed by atoms with van der Waals surface area (Å²) in [5.74, 6) is -0.761. The Kier molecular flexibility index (Phi) is 8.87. The zero-order valence-corrected chi connectivity index (χ0v) is 18.5. The van der Waals surface area contributed by atoms with Crippen molar-refractivity contribution >= 4 is 29.4 Å². The van der Waals surface area contributed by atoms with E-state index in [2.05, 4.69) is 10.6 Å². The minimum Gasteiger partial charge on any atom is -0.457 e. The highest BCUT2D eigenvalue weighted by molar-refractivity contribution is 6.30. The van der Waals surface area contributed by atoms with Crippen LogP contribution in [0.15, 0.2) is 66.7 Å². The van der Waals surface area contributed by atoms with Crippen LogP contribution in [0.25, 0.3) is 0 Å². The molecule has 0 spiro atoms. The molecule has 1 aliphatic rings. The van der Waals surface area contributed by atoms with Crippen LogP contribution in [0.5, 0.6) is 0 Å². The van der Waals surface area contributed by atoms with E-state index in [1.807, 2.05) is 54.6 Å². The summed E-state index contributed by atoms with van der Waals surface area (Å²) in [6.45, 7) is 0.387. The molecule has 0 saturated carbocycles. The van der Waals surface area contributed by atoms with Gasteiger partial charge in [-0.05, 0) is 36.1 Å². The second-order valence-corrected chi connectivity index (χ2v) is 8.15. The summed E-state index contributed by atoms with van der Waals surface area (Å²) in [6, 6.07) is 16.1. The van der Waals surface area contributed by atoms with Crippen LogP contribution in [-0.4, -0.2) is 23.8 Å². The standard InChI is InChI=1S/C25H27ClN2O4/c26-20-13-11-18(12-14-20)17-27-23(29)15-21-9-5-2-6-10-25(31)32-22(16-24(30)28-21)19-7-3-1-4-8-19/h1-5,7-8,11-14,21-22H,6,9-10,15-17H2,(H,27,29)(H,28,30)/b5-2+/t21-,22?/m0/s1. The van der Waals surface area contributed by atoms with Gasteiger partial charge in [-0.3, -0.25) is 14.4 Å². The number of esters is 1. The van der Waals surface area contributed by atoms with Crippen LogP contribution < -0.4 is 10.6 Å². The van der Waals surface area contributed by atoms with Gasteiger partial charge in [-0.25, -0.2) is 0 Å². The van der Waals surface area contributed by atoms with Crippen molar-refractivity contribution in [3.63, 3.8) is 0 Å². The average Bonchev–Trinajstić information content (AvgIpc) is 2.77. The van der Waals surface area contributed by atoms with Gasteiger partial charge in [-0.15, -0.1) is 0 Å². The second kappa shape index (κ2) is 12.1. The predicted octanol–water partition coefficient (Wildman–Crippen LogP) is 4.25. The second-order valence-electron chi connectivity index (χ2n) is 7.71. The van der Waals surface area contributed by atoms with Crippen LogP contribution in [0.3, 0.4) is 0 Å². The molecular formula is C25H27ClN2O4. The fraction of sp³-hybridized carbons (Fsp3) is 0.320. The summed E-state index contributed by atoms with van der Waals surface area (Å²) >= 11 is 5.89. The summed E-state index contributed by atoms with van der Waals surface area (Å²) in [5.41, 5.74) is 1.71. The molecule has 1 unspecified atom stereocenters. The number of nitrogens with one attached hydrogen (secondary N) is 2. The van der Waals surface area contributed by atoms with Crippen LogP contribution in [0.2, 0.25) is 5.02 Å². The number of hydrogen-bond donors (Lipinski definition) is 2. The number of carbonyl (C=O) groups excluding carboxylic acids is 3. The molecular weight excluding hydrogens is 428 g/mol. The van der Waals surface area contributed by atoms with Crippen molar-refractivity contribution < 1.29 is 19.1 Å². The maximum absolute atomic E-state index is 12.7. The molecule has 168 valence electrons. The molecule has 0 fully saturated rings. The molecule has 7 heteroatoms. The largest absolute Gasteiger partial charge is 0.457 e. The number of halogens is 1. The van der Waals surface area contributed by atoms with Gasteiger partial charge in [0.15, 0.2) is 0 Å². The highest BCUT2D eigenvalue weighted by atomic mass is 35.5. The summed E-state index contributed by atoms with van der Waals surface area (Å²) in [4.78, 5) is 37.4. The normalized spacial score (nSPS) is 20.8. The lowest BCUT2D eigenvalue weighted by molar-refractivity contribution is -0.150. The molecule has 0 radical (unpaired) electrons. The Morgan fingerprint density at radius 1 is 1.06 bits per heavy atom. The molecule has 0 bridgehead atoms. The first-order valence-corrected chi connectivity index (χ1v) is 11.1. The third kappa shape index (κ3) is 7.85. The number of allylic oxidation sites excluding steroid dienone is 1. The average molecular weight is 455 g/mol. The van der Waals surface area contributed by atoms with Crippen LogP contribution in [0, 0.1) is 0 Å². The first kappa shape index (κ1) is 23.5. The van der Waals surface area contributed by atoms with E-state index in [1.54, 1.807) is 12.1 Å². The summed E-state index contributed by atoms with van der Waals surface area (Å²) < 4.78 is 5.57. The monoisotopic (exact) mass is 454 g/mol. The highest BCUT2D eigenvalue weighted by Crippen LogP contribution is 2.23. The number of carbonyl (C=O) groups is 3. The molecule has 32 heavy (non-hydrogen) atoms. The number of amides is 2. The maximum atomic E-state index is 12.7. The lowest BCUT2D eigenvalue weighted by Crippen LogP contribution is -2.39. The Bertz CT molecular complexity index is 944. The van der Waals surface area contributed by atoms with Gasteiger partial charge in [0.1, 0.15) is 6.10 Å². The topological polar surface area (TPSA) is 84.5 Å². The number of rotatable bonds is 5. The van der Waals surface area contributed by atoms with E-state index in [0.717, 1.165) is 11.1 Å². The lowest BCUT2D eigenvalue weighted by Gasteiger charge is -2.22. The molecule has 2 atom stereocenters. The van der Waals surface area contributed by atoms with Crippen molar-refractivity contribution in [2.24, 2.45) is 0 Å². The molecule has 6 nitrogen and oxygen atoms in total. The fourth-order valence-electron chi connectivity index (χ4n) is 3.44. The van der Waals surface area contributed by atoms with Gasteiger partial charge in [-0.1, -0.05) is 66.2 Å². The quantitative estimate of drug-likeness (QED) is 0.522. The predicted molar refractivity (Wildman–Crippen MR) is 123 cm³/mol. The third-order valence-corrected chi connectivity index (χ3v) is 5.37. The van der Waals surface area contributed by atoms with Crippen LogP contribution in [0.4, 0.5) is 0 Å². The Balaban J connectivity index is 1.62. The SMILES string of the molecule is O=C(C[C@@H]1C/C=C/CCC(=O)OC(c2ccccc2)CC(=O)N1)NCc1ccc(Cl)cc1. The zero-order valence-electron chi connectivity index (χ0n) is 17.8. The van der Waals surface area contributed by atoms with E-state index in [9.17, 15) is 14.4 Å². The molecule has 1 aliphatic heterocycles. The van der Waals surface area contributed by atoms with Crippen molar-refractivity contribution in [3.05, 3.63) is 82.9 Å². The lowest BCUT2D eigenvalue weighted by atomic mass is 10.0. The molecule has 2 amide bonds. The maximum Gasteiger partial charge on any atom is 0.306 e. The van der Waals surface area contributed by atoms with Crippen LogP contribution in [0.1, 0.15) is 49.3 Å². The van der Waals surface area contributed by atoms with Gasteiger partial charge in [0.25, 0.3) is 0 Å². The molecule has 2 aromatic carbocycles. The first-order chi connectivity index (χ1) is 15.5. The van der Waals surface area contributed by atoms with Crippen molar-refractivity contribution in [1.82, 2.24) is 10.6 Å². The molecule has 0 aliphatic carbocycles. The zero-order chi connectivity index (χ0) is 22.8. The Hall–Kier alpha value is -3.12. The smallest absolute Gasteiger partial charge is 0.306 e. The van der Waals surface area contributed by atoms with Crippen LogP contribution in [-0.2, 0) is 25.7 Å². The summed E-state index contributed by atoms with van der Waals surface area (Å²) in [7, 11) is 0. The van der Waals surface area contributed by atoms with Crippen molar-refractivity contribution in [1.29, 1.82) is 0 Å². The Labute approximate surface area is 193 Å². The van der Waals surface area contributed by atoms with Crippen molar-refractivity contribution in [2.75, 3.05) is 0 Å². The van der Waals surface area contributed by atoms with Gasteiger partial charge in [0.05, 0.1) is 6.42 Å². The van der Waals surface area contributed by atoms with Gasteiger partial charge < -0.3 is 15.4 Å². The van der Waals surface area contributed by atoms with Crippen molar-refractivity contribution in [2.45, 2.75) is 50.8 Å². The van der Waals surface area contributed by atoms with E-state index in [1.165, 1.54) is 0 Å². The first-order valence-electron chi connectivity index (χ1n) is 10.7. The molecule has 1 heterocycles. The van der Waals surface area contributed by atoms with E-state index >= 15 is 0 Å².